The van der Waals surface area contributed by atoms with Crippen LogP contribution in [-0.4, -0.2) is 39.1 Å². The van der Waals surface area contributed by atoms with Gasteiger partial charge in [0.25, 0.3) is 0 Å². The topological polar surface area (TPSA) is 93.8 Å². The summed E-state index contributed by atoms with van der Waals surface area (Å²) in [6.07, 6.45) is 0. The third kappa shape index (κ3) is 2.26. The van der Waals surface area contributed by atoms with E-state index in [-0.39, 0.29) is 19.0 Å². The maximum absolute atomic E-state index is 11.2. The Morgan fingerprint density at radius 1 is 1.17 bits per heavy atom. The normalized spacial score (nSPS) is 12.7. The molecule has 0 fully saturated rings. The molecule has 0 amide bonds. The van der Waals surface area contributed by atoms with Crippen molar-refractivity contribution in [1.82, 2.24) is 9.55 Å². The second kappa shape index (κ2) is 5.54. The molecule has 2 N–H and O–H groups in total. The number of carbonyl (C=O) groups is 1. The van der Waals surface area contributed by atoms with Gasteiger partial charge < -0.3 is 24.3 Å². The summed E-state index contributed by atoms with van der Waals surface area (Å²) in [5.41, 5.74) is 2.31. The fourth-order valence-electron chi connectivity index (χ4n) is 2.85. The zero-order valence-electron chi connectivity index (χ0n) is 12.6. The Kier molecular flexibility index (Phi) is 3.35. The van der Waals surface area contributed by atoms with E-state index < -0.39 is 5.97 Å². The number of ether oxygens (including phenoxy) is 2. The van der Waals surface area contributed by atoms with E-state index in [0.717, 1.165) is 11.1 Å². The molecule has 0 saturated heterocycles. The second-order valence-electron chi connectivity index (χ2n) is 5.39. The number of carboxylic acids is 1. The van der Waals surface area contributed by atoms with Gasteiger partial charge in [0.1, 0.15) is 5.82 Å². The van der Waals surface area contributed by atoms with Gasteiger partial charge in [-0.05, 0) is 36.4 Å². The van der Waals surface area contributed by atoms with Gasteiger partial charge in [0, 0.05) is 12.1 Å². The van der Waals surface area contributed by atoms with Gasteiger partial charge in [-0.1, -0.05) is 0 Å². The van der Waals surface area contributed by atoms with Crippen molar-refractivity contribution < 1.29 is 24.5 Å². The average Bonchev–Trinajstić information content (AvgIpc) is 3.18. The number of aliphatic hydroxyl groups excluding tert-OH is 1. The van der Waals surface area contributed by atoms with Gasteiger partial charge in [-0.25, -0.2) is 9.78 Å². The third-order valence-electron chi connectivity index (χ3n) is 3.95. The fraction of sp³-hybridized carbons (Fsp3) is 0.176. The van der Waals surface area contributed by atoms with Gasteiger partial charge >= 0.3 is 5.97 Å². The summed E-state index contributed by atoms with van der Waals surface area (Å²) < 4.78 is 12.6. The highest BCUT2D eigenvalue weighted by molar-refractivity contribution is 5.93. The first kappa shape index (κ1) is 14.5. The Bertz CT molecular complexity index is 948. The lowest BCUT2D eigenvalue weighted by atomic mass is 10.2. The zero-order valence-corrected chi connectivity index (χ0v) is 12.6. The predicted octanol–water partition coefficient (Wildman–Crippen LogP) is 2.12. The van der Waals surface area contributed by atoms with Crippen LogP contribution in [-0.2, 0) is 6.54 Å². The number of fused-ring (bicyclic) bond motifs is 2. The lowest BCUT2D eigenvalue weighted by Crippen LogP contribution is -2.04. The van der Waals surface area contributed by atoms with E-state index in [0.29, 0.717) is 29.4 Å². The highest BCUT2D eigenvalue weighted by Gasteiger charge is 2.18. The van der Waals surface area contributed by atoms with Crippen LogP contribution in [0.15, 0.2) is 36.4 Å². The molecule has 0 bridgehead atoms. The zero-order chi connectivity index (χ0) is 16.7. The summed E-state index contributed by atoms with van der Waals surface area (Å²) in [5.74, 6) is 0.955. The van der Waals surface area contributed by atoms with Crippen molar-refractivity contribution in [3.63, 3.8) is 0 Å². The fourth-order valence-corrected chi connectivity index (χ4v) is 2.85. The largest absolute Gasteiger partial charge is 0.478 e. The van der Waals surface area contributed by atoms with E-state index in [1.165, 1.54) is 12.1 Å². The van der Waals surface area contributed by atoms with Gasteiger partial charge in [0.2, 0.25) is 6.79 Å². The maximum atomic E-state index is 11.2. The minimum absolute atomic E-state index is 0.0519. The van der Waals surface area contributed by atoms with Gasteiger partial charge in [0.05, 0.1) is 23.2 Å². The summed E-state index contributed by atoms with van der Waals surface area (Å²) in [5, 5.41) is 18.5. The number of aromatic carboxylic acids is 1. The van der Waals surface area contributed by atoms with Gasteiger partial charge in [-0.15, -0.1) is 0 Å². The molecule has 2 aromatic carbocycles. The van der Waals surface area contributed by atoms with E-state index in [1.54, 1.807) is 6.07 Å². The molecular formula is C17H14N2O5. The van der Waals surface area contributed by atoms with E-state index >= 15 is 0 Å². The molecule has 7 nitrogen and oxygen atoms in total. The molecule has 0 spiro atoms. The summed E-state index contributed by atoms with van der Waals surface area (Å²) in [4.78, 5) is 15.7. The maximum Gasteiger partial charge on any atom is 0.335 e. The Morgan fingerprint density at radius 3 is 2.79 bits per heavy atom. The van der Waals surface area contributed by atoms with Crippen LogP contribution in [0.2, 0.25) is 0 Å². The van der Waals surface area contributed by atoms with Crippen LogP contribution in [0.3, 0.4) is 0 Å². The molecule has 1 aliphatic rings. The van der Waals surface area contributed by atoms with Crippen molar-refractivity contribution >= 4 is 17.0 Å². The van der Waals surface area contributed by atoms with Crippen molar-refractivity contribution in [3.05, 3.63) is 42.0 Å². The quantitative estimate of drug-likeness (QED) is 0.763. The molecular weight excluding hydrogens is 312 g/mol. The van der Waals surface area contributed by atoms with E-state index in [4.69, 9.17) is 14.6 Å². The minimum atomic E-state index is -1.00. The number of aromatic nitrogens is 2. The van der Waals surface area contributed by atoms with Crippen molar-refractivity contribution in [2.24, 2.45) is 0 Å². The van der Waals surface area contributed by atoms with Crippen LogP contribution < -0.4 is 9.47 Å². The van der Waals surface area contributed by atoms with Gasteiger partial charge in [0.15, 0.2) is 11.5 Å². The number of hydrogen-bond acceptors (Lipinski definition) is 5. The monoisotopic (exact) mass is 326 g/mol. The number of aliphatic hydroxyl groups is 1. The van der Waals surface area contributed by atoms with Crippen LogP contribution in [0.4, 0.5) is 0 Å². The lowest BCUT2D eigenvalue weighted by molar-refractivity contribution is 0.0697. The molecule has 4 rings (SSSR count). The first-order chi connectivity index (χ1) is 11.7. The summed E-state index contributed by atoms with van der Waals surface area (Å²) in [6.45, 7) is 0.490. The first-order valence-electron chi connectivity index (χ1n) is 7.42. The standard InChI is InChI=1S/C17H14N2O5/c20-6-5-19-13-3-1-11(17(21)22)7-12(13)18-16(19)10-2-4-14-15(8-10)24-9-23-14/h1-4,7-8,20H,5-6,9H2,(H,21,22). The molecule has 0 unspecified atom stereocenters. The van der Waals surface area contributed by atoms with Crippen LogP contribution in [0.1, 0.15) is 10.4 Å². The molecule has 2 heterocycles. The molecule has 7 heteroatoms. The number of hydrogen-bond donors (Lipinski definition) is 2. The summed E-state index contributed by atoms with van der Waals surface area (Å²) in [7, 11) is 0. The molecule has 0 atom stereocenters. The smallest absolute Gasteiger partial charge is 0.335 e. The Hall–Kier alpha value is -3.06. The Labute approximate surface area is 136 Å². The van der Waals surface area contributed by atoms with Crippen LogP contribution >= 0.6 is 0 Å². The van der Waals surface area contributed by atoms with Crippen LogP contribution in [0, 0.1) is 0 Å². The number of benzene rings is 2. The SMILES string of the molecule is O=C(O)c1ccc2c(c1)nc(-c1ccc3c(c1)OCO3)n2CCO. The average molecular weight is 326 g/mol. The van der Waals surface area contributed by atoms with E-state index in [9.17, 15) is 9.90 Å². The van der Waals surface area contributed by atoms with Crippen molar-refractivity contribution in [2.45, 2.75) is 6.54 Å². The molecule has 1 aromatic heterocycles. The Balaban J connectivity index is 1.90. The Morgan fingerprint density at radius 2 is 2.00 bits per heavy atom. The molecule has 122 valence electrons. The summed E-state index contributed by atoms with van der Waals surface area (Å²) in [6, 6.07) is 10.3. The molecule has 24 heavy (non-hydrogen) atoms. The highest BCUT2D eigenvalue weighted by atomic mass is 16.7. The third-order valence-corrected chi connectivity index (χ3v) is 3.95. The predicted molar refractivity (Wildman–Crippen MR) is 85.3 cm³/mol. The summed E-state index contributed by atoms with van der Waals surface area (Å²) >= 11 is 0. The number of nitrogens with zero attached hydrogens (tertiary/aromatic N) is 2. The number of carboxylic acid groups (broad SMARTS) is 1. The lowest BCUT2D eigenvalue weighted by Gasteiger charge is -2.08. The van der Waals surface area contributed by atoms with Crippen LogP contribution in [0.5, 0.6) is 11.5 Å². The molecule has 0 radical (unpaired) electrons. The molecule has 0 saturated carbocycles. The van der Waals surface area contributed by atoms with Crippen molar-refractivity contribution in [1.29, 1.82) is 0 Å². The van der Waals surface area contributed by atoms with Gasteiger partial charge in [-0.3, -0.25) is 0 Å². The second-order valence-corrected chi connectivity index (χ2v) is 5.39. The highest BCUT2D eigenvalue weighted by Crippen LogP contribution is 2.36. The number of imidazole rings is 1. The van der Waals surface area contributed by atoms with E-state index in [2.05, 4.69) is 4.98 Å². The van der Waals surface area contributed by atoms with Crippen molar-refractivity contribution in [3.8, 4) is 22.9 Å². The van der Waals surface area contributed by atoms with E-state index in [1.807, 2.05) is 22.8 Å². The molecule has 1 aliphatic heterocycles. The van der Waals surface area contributed by atoms with Crippen molar-refractivity contribution in [2.75, 3.05) is 13.4 Å². The number of rotatable bonds is 4. The first-order valence-corrected chi connectivity index (χ1v) is 7.42. The van der Waals surface area contributed by atoms with Gasteiger partial charge in [-0.2, -0.15) is 0 Å². The van der Waals surface area contributed by atoms with Crippen LogP contribution in [0.25, 0.3) is 22.4 Å². The molecule has 0 aliphatic carbocycles. The molecule has 3 aromatic rings. The minimum Gasteiger partial charge on any atom is -0.478 e.